The number of nitrogens with zero attached hydrogens (tertiary/aromatic N) is 1. The van der Waals surface area contributed by atoms with E-state index in [4.69, 9.17) is 9.52 Å². The van der Waals surface area contributed by atoms with Gasteiger partial charge in [-0.3, -0.25) is 0 Å². The van der Waals surface area contributed by atoms with Crippen molar-refractivity contribution >= 4 is 27.7 Å². The Balaban J connectivity index is 1.97. The van der Waals surface area contributed by atoms with Gasteiger partial charge in [0.05, 0.1) is 12.2 Å². The first-order valence-corrected chi connectivity index (χ1v) is 7.58. The molecule has 1 aromatic carbocycles. The van der Waals surface area contributed by atoms with Crippen LogP contribution in [0.25, 0.3) is 0 Å². The van der Waals surface area contributed by atoms with Crippen molar-refractivity contribution < 1.29 is 27.5 Å². The molecule has 0 unspecified atom stereocenters. The number of hydrogen-bond donors (Lipinski definition) is 2. The zero-order valence-electron chi connectivity index (χ0n) is 11.0. The number of nitrogens with one attached hydrogen (secondary N) is 1. The molecule has 2 amide bonds. The summed E-state index contributed by atoms with van der Waals surface area (Å²) in [7, 11) is -4.03. The highest BCUT2D eigenvalue weighted by Crippen LogP contribution is 2.30. The minimum Gasteiger partial charge on any atom is -0.475 e. The summed E-state index contributed by atoms with van der Waals surface area (Å²) in [5, 5.41) is 11.2. The number of sulfonamides is 1. The zero-order valence-corrected chi connectivity index (χ0v) is 11.8. The molecule has 0 fully saturated rings. The second kappa shape index (κ2) is 4.88. The van der Waals surface area contributed by atoms with E-state index in [9.17, 15) is 18.0 Å². The molecular weight excluding hydrogens is 312 g/mol. The molecule has 3 rings (SSSR count). The fourth-order valence-corrected chi connectivity index (χ4v) is 3.52. The van der Waals surface area contributed by atoms with Gasteiger partial charge in [-0.2, -0.15) is 0 Å². The first-order valence-electron chi connectivity index (χ1n) is 6.14. The van der Waals surface area contributed by atoms with Crippen molar-refractivity contribution in [1.82, 2.24) is 4.31 Å². The monoisotopic (exact) mass is 322 g/mol. The van der Waals surface area contributed by atoms with Crippen LogP contribution in [0.3, 0.4) is 0 Å². The van der Waals surface area contributed by atoms with Crippen LogP contribution in [-0.4, -0.2) is 29.8 Å². The van der Waals surface area contributed by atoms with Crippen molar-refractivity contribution in [3.63, 3.8) is 0 Å². The van der Waals surface area contributed by atoms with Gasteiger partial charge in [0, 0.05) is 0 Å². The van der Waals surface area contributed by atoms with Crippen LogP contribution in [0.4, 0.5) is 10.5 Å². The van der Waals surface area contributed by atoms with Gasteiger partial charge in [0.15, 0.2) is 0 Å². The average molecular weight is 322 g/mol. The first kappa shape index (κ1) is 14.1. The third kappa shape index (κ3) is 2.21. The Hall–Kier alpha value is -2.81. The van der Waals surface area contributed by atoms with Crippen LogP contribution in [-0.2, 0) is 16.6 Å². The summed E-state index contributed by atoms with van der Waals surface area (Å²) >= 11 is 0. The number of carbonyl (C=O) groups excluding carboxylic acids is 1. The van der Waals surface area contributed by atoms with Crippen LogP contribution in [0.1, 0.15) is 16.3 Å². The van der Waals surface area contributed by atoms with Crippen molar-refractivity contribution in [2.45, 2.75) is 11.4 Å². The summed E-state index contributed by atoms with van der Waals surface area (Å²) in [5.41, 5.74) is 0.203. The lowest BCUT2D eigenvalue weighted by atomic mass is 10.3. The van der Waals surface area contributed by atoms with Gasteiger partial charge >= 0.3 is 12.0 Å². The number of amides is 2. The fourth-order valence-electron chi connectivity index (χ4n) is 2.08. The van der Waals surface area contributed by atoms with Gasteiger partial charge in [0.2, 0.25) is 5.76 Å². The molecule has 0 aliphatic carbocycles. The highest BCUT2D eigenvalue weighted by molar-refractivity contribution is 7.90. The molecule has 1 aliphatic rings. The van der Waals surface area contributed by atoms with Gasteiger partial charge in [0.25, 0.3) is 10.0 Å². The van der Waals surface area contributed by atoms with Gasteiger partial charge < -0.3 is 14.8 Å². The maximum atomic E-state index is 12.5. The van der Waals surface area contributed by atoms with E-state index in [1.165, 1.54) is 24.3 Å². The third-order valence-electron chi connectivity index (χ3n) is 3.10. The number of rotatable bonds is 3. The molecule has 2 N–H and O–H groups in total. The molecular formula is C13H10N2O6S. The second-order valence-electron chi connectivity index (χ2n) is 4.51. The lowest BCUT2D eigenvalue weighted by Gasteiger charge is -2.27. The number of aromatic carboxylic acids is 1. The third-order valence-corrected chi connectivity index (χ3v) is 4.88. The molecule has 2 heterocycles. The molecule has 0 radical (unpaired) electrons. The van der Waals surface area contributed by atoms with Crippen molar-refractivity contribution in [3.8, 4) is 0 Å². The maximum Gasteiger partial charge on any atom is 0.371 e. The molecule has 1 aromatic heterocycles. The van der Waals surface area contributed by atoms with E-state index in [0.29, 0.717) is 4.31 Å². The number of urea groups is 1. The van der Waals surface area contributed by atoms with Crippen molar-refractivity contribution in [2.75, 3.05) is 5.32 Å². The van der Waals surface area contributed by atoms with E-state index < -0.39 is 28.6 Å². The van der Waals surface area contributed by atoms with E-state index in [1.807, 2.05) is 0 Å². The number of carbonyl (C=O) groups is 2. The highest BCUT2D eigenvalue weighted by Gasteiger charge is 2.37. The Bertz CT molecular complexity index is 870. The van der Waals surface area contributed by atoms with Crippen LogP contribution < -0.4 is 5.32 Å². The Morgan fingerprint density at radius 2 is 1.95 bits per heavy atom. The SMILES string of the molecule is O=C(O)c1ccc(CN2C(=O)Nc3ccccc3S2(=O)=O)o1. The Morgan fingerprint density at radius 3 is 2.64 bits per heavy atom. The van der Waals surface area contributed by atoms with E-state index in [1.54, 1.807) is 12.1 Å². The van der Waals surface area contributed by atoms with Gasteiger partial charge in [-0.1, -0.05) is 12.1 Å². The van der Waals surface area contributed by atoms with Gasteiger partial charge in [-0.05, 0) is 24.3 Å². The van der Waals surface area contributed by atoms with Crippen molar-refractivity contribution in [3.05, 3.63) is 47.9 Å². The summed E-state index contributed by atoms with van der Waals surface area (Å²) in [6.07, 6.45) is 0. The van der Waals surface area contributed by atoms with Crippen molar-refractivity contribution in [2.24, 2.45) is 0 Å². The summed E-state index contributed by atoms with van der Waals surface area (Å²) in [4.78, 5) is 22.7. The summed E-state index contributed by atoms with van der Waals surface area (Å²) in [5.74, 6) is -1.55. The van der Waals surface area contributed by atoms with Crippen molar-refractivity contribution in [1.29, 1.82) is 0 Å². The number of carboxylic acids is 1. The molecule has 0 saturated heterocycles. The van der Waals surface area contributed by atoms with Crippen LogP contribution in [0, 0.1) is 0 Å². The van der Waals surface area contributed by atoms with E-state index in [0.717, 1.165) is 0 Å². The number of hydrogen-bond acceptors (Lipinski definition) is 5. The summed E-state index contributed by atoms with van der Waals surface area (Å²) in [6, 6.07) is 7.69. The van der Waals surface area contributed by atoms with Gasteiger partial charge in [-0.15, -0.1) is 0 Å². The molecule has 0 bridgehead atoms. The predicted octanol–water partition coefficient (Wildman–Crippen LogP) is 1.71. The molecule has 8 nitrogen and oxygen atoms in total. The molecule has 2 aromatic rings. The zero-order chi connectivity index (χ0) is 15.9. The molecule has 114 valence electrons. The van der Waals surface area contributed by atoms with Gasteiger partial charge in [0.1, 0.15) is 10.7 Å². The number of carboxylic acid groups (broad SMARTS) is 1. The second-order valence-corrected chi connectivity index (χ2v) is 6.34. The molecule has 0 spiro atoms. The molecule has 0 atom stereocenters. The van der Waals surface area contributed by atoms with E-state index in [-0.39, 0.29) is 22.1 Å². The largest absolute Gasteiger partial charge is 0.475 e. The van der Waals surface area contributed by atoms with Crippen LogP contribution in [0.15, 0.2) is 45.7 Å². The Morgan fingerprint density at radius 1 is 1.23 bits per heavy atom. The lowest BCUT2D eigenvalue weighted by molar-refractivity contribution is 0.0660. The van der Waals surface area contributed by atoms with Crippen LogP contribution in [0.5, 0.6) is 0 Å². The number of furan rings is 1. The number of fused-ring (bicyclic) bond motifs is 1. The van der Waals surface area contributed by atoms with E-state index >= 15 is 0 Å². The highest BCUT2D eigenvalue weighted by atomic mass is 32.2. The number of para-hydroxylation sites is 1. The lowest BCUT2D eigenvalue weighted by Crippen LogP contribution is -2.43. The molecule has 9 heteroatoms. The maximum absolute atomic E-state index is 12.5. The normalized spacial score (nSPS) is 16.0. The van der Waals surface area contributed by atoms with E-state index in [2.05, 4.69) is 5.32 Å². The minimum absolute atomic E-state index is 0.0281. The molecule has 22 heavy (non-hydrogen) atoms. The molecule has 1 aliphatic heterocycles. The Labute approximate surface area is 125 Å². The predicted molar refractivity (Wildman–Crippen MR) is 73.9 cm³/mol. The van der Waals surface area contributed by atoms with Crippen LogP contribution in [0.2, 0.25) is 0 Å². The minimum atomic E-state index is -4.03. The summed E-state index contributed by atoms with van der Waals surface area (Å²) in [6.45, 7) is -0.393. The summed E-state index contributed by atoms with van der Waals surface area (Å²) < 4.78 is 30.5. The average Bonchev–Trinajstić information content (AvgIpc) is 2.92. The Kier molecular flexibility index (Phi) is 3.14. The van der Waals surface area contributed by atoms with Gasteiger partial charge in [-0.25, -0.2) is 22.3 Å². The number of benzene rings is 1. The smallest absolute Gasteiger partial charge is 0.371 e. The van der Waals surface area contributed by atoms with Crippen LogP contribution >= 0.6 is 0 Å². The quantitative estimate of drug-likeness (QED) is 0.888. The topological polar surface area (TPSA) is 117 Å². The first-order chi connectivity index (χ1) is 10.4. The fraction of sp³-hybridized carbons (Fsp3) is 0.0769. The number of anilines is 1. The molecule has 0 saturated carbocycles. The standard InChI is InChI=1S/C13H10N2O6S/c16-12(17)10-6-5-8(21-10)7-15-13(18)14-9-3-1-2-4-11(9)22(15,19)20/h1-6H,7H2,(H,14,18)(H,16,17).